The number of piperazine rings is 1. The summed E-state index contributed by atoms with van der Waals surface area (Å²) < 4.78 is 79.5. The summed E-state index contributed by atoms with van der Waals surface area (Å²) in [7, 11) is 0. The lowest BCUT2D eigenvalue weighted by molar-refractivity contribution is -0.138. The van der Waals surface area contributed by atoms with Gasteiger partial charge in [0, 0.05) is 6.54 Å². The van der Waals surface area contributed by atoms with E-state index in [0.717, 1.165) is 35.2 Å². The topological polar surface area (TPSA) is 60.9 Å². The molecule has 2 aromatic rings. The van der Waals surface area contributed by atoms with Crippen LogP contribution in [0.25, 0.3) is 0 Å². The lowest BCUT2D eigenvalue weighted by Gasteiger charge is -2.35. The minimum Gasteiger partial charge on any atom is -0.331 e. The number of rotatable bonds is 2. The van der Waals surface area contributed by atoms with E-state index in [9.17, 15) is 40.7 Å². The van der Waals surface area contributed by atoms with Gasteiger partial charge in [0.15, 0.2) is 0 Å². The van der Waals surface area contributed by atoms with Crippen molar-refractivity contribution >= 4 is 23.5 Å². The Bertz CT molecular complexity index is 1210. The number of imide groups is 1. The van der Waals surface area contributed by atoms with Gasteiger partial charge in [0.05, 0.1) is 34.5 Å². The van der Waals surface area contributed by atoms with Gasteiger partial charge in [-0.15, -0.1) is 0 Å². The Hall–Kier alpha value is -3.57. The third-order valence-corrected chi connectivity index (χ3v) is 6.42. The van der Waals surface area contributed by atoms with E-state index < -0.39 is 65.0 Å². The van der Waals surface area contributed by atoms with Crippen LogP contribution < -0.4 is 4.90 Å². The van der Waals surface area contributed by atoms with E-state index in [-0.39, 0.29) is 18.7 Å². The van der Waals surface area contributed by atoms with Crippen LogP contribution in [0.15, 0.2) is 48.5 Å². The van der Waals surface area contributed by atoms with Crippen LogP contribution >= 0.6 is 0 Å². The number of alkyl halides is 6. The van der Waals surface area contributed by atoms with Crippen molar-refractivity contribution in [3.05, 3.63) is 65.2 Å². The third kappa shape index (κ3) is 3.23. The van der Waals surface area contributed by atoms with Crippen LogP contribution in [0.4, 0.5) is 36.8 Å². The summed E-state index contributed by atoms with van der Waals surface area (Å²) in [5.41, 5.74) is -2.99. The van der Waals surface area contributed by atoms with Crippen molar-refractivity contribution in [2.45, 2.75) is 36.9 Å². The summed E-state index contributed by atoms with van der Waals surface area (Å²) in [6.07, 6.45) is -9.26. The molecule has 12 heteroatoms. The number of benzene rings is 2. The first kappa shape index (κ1) is 22.2. The minimum atomic E-state index is -4.77. The quantitative estimate of drug-likeness (QED) is 0.476. The van der Waals surface area contributed by atoms with Gasteiger partial charge in [0.2, 0.25) is 0 Å². The van der Waals surface area contributed by atoms with Gasteiger partial charge < -0.3 is 9.80 Å². The minimum absolute atomic E-state index is 0.0817. The van der Waals surface area contributed by atoms with Crippen molar-refractivity contribution < 1.29 is 40.7 Å². The summed E-state index contributed by atoms with van der Waals surface area (Å²) in [4.78, 5) is 42.2. The number of halogens is 6. The molecular weight excluding hydrogens is 468 g/mol. The highest BCUT2D eigenvalue weighted by atomic mass is 19.4. The van der Waals surface area contributed by atoms with Crippen LogP contribution in [0, 0.1) is 0 Å². The molecule has 0 aliphatic carbocycles. The summed E-state index contributed by atoms with van der Waals surface area (Å²) in [5, 5.41) is 0. The van der Waals surface area contributed by atoms with Crippen molar-refractivity contribution in [2.24, 2.45) is 0 Å². The number of carbonyl (C=O) groups excluding carboxylic acids is 3. The fraction of sp³-hybridized carbons (Fsp3) is 0.318. The van der Waals surface area contributed by atoms with E-state index in [1.54, 1.807) is 0 Å². The van der Waals surface area contributed by atoms with Gasteiger partial charge in [-0.3, -0.25) is 9.59 Å². The van der Waals surface area contributed by atoms with Gasteiger partial charge >= 0.3 is 18.4 Å². The number of fused-ring (bicyclic) bond motifs is 5. The Morgan fingerprint density at radius 2 is 1.62 bits per heavy atom. The monoisotopic (exact) mass is 483 g/mol. The summed E-state index contributed by atoms with van der Waals surface area (Å²) in [5.74, 6) is -1.74. The molecule has 2 aromatic carbocycles. The maximum atomic E-state index is 13.4. The lowest BCUT2D eigenvalue weighted by Crippen LogP contribution is -2.55. The fourth-order valence-corrected chi connectivity index (χ4v) is 5.02. The molecular formula is C22H15F6N3O3. The van der Waals surface area contributed by atoms with E-state index in [1.165, 1.54) is 17.0 Å². The molecule has 0 spiro atoms. The second-order valence-electron chi connectivity index (χ2n) is 8.31. The zero-order valence-corrected chi connectivity index (χ0v) is 17.1. The molecule has 34 heavy (non-hydrogen) atoms. The first-order valence-electron chi connectivity index (χ1n) is 10.2. The molecule has 2 unspecified atom stereocenters. The standard InChI is InChI=1S/C22H15F6N3O3/c23-21(24,25)11-4-3-5-12(8-11)31-19(33)17-16-9-13(30(17)20(31)34)10-29(16)18(32)14-6-1-2-7-15(14)22(26,27)28/h1-8,13,16-17H,9-10H2/t13?,16?,17-/m1/s1. The number of amides is 4. The van der Waals surface area contributed by atoms with E-state index in [4.69, 9.17) is 0 Å². The average Bonchev–Trinajstić information content (AvgIpc) is 3.43. The molecule has 0 N–H and O–H groups in total. The summed E-state index contributed by atoms with van der Waals surface area (Å²) in [6, 6.07) is 4.52. The number of hydrogen-bond donors (Lipinski definition) is 0. The van der Waals surface area contributed by atoms with Crippen molar-refractivity contribution in [1.29, 1.82) is 0 Å². The number of urea groups is 1. The fourth-order valence-electron chi connectivity index (χ4n) is 5.02. The molecule has 3 aliphatic rings. The maximum Gasteiger partial charge on any atom is 0.417 e. The van der Waals surface area contributed by atoms with Gasteiger partial charge in [0.1, 0.15) is 6.04 Å². The van der Waals surface area contributed by atoms with Gasteiger partial charge in [-0.1, -0.05) is 18.2 Å². The van der Waals surface area contributed by atoms with Crippen LogP contribution in [0.3, 0.4) is 0 Å². The molecule has 178 valence electrons. The number of carbonyl (C=O) groups is 3. The smallest absolute Gasteiger partial charge is 0.331 e. The Morgan fingerprint density at radius 3 is 2.29 bits per heavy atom. The second-order valence-corrected chi connectivity index (χ2v) is 8.31. The Labute approximate surface area is 188 Å². The number of anilines is 1. The zero-order chi connectivity index (χ0) is 24.6. The predicted octanol–water partition coefficient (Wildman–Crippen LogP) is 4.16. The number of nitrogens with zero attached hydrogens (tertiary/aromatic N) is 3. The SMILES string of the molecule is O=C1[C@H]2C3CC(CN3C(=O)c3ccccc3C(F)(F)F)N2C(=O)N1c1cccc(C(F)(F)F)c1. The number of hydrogen-bond acceptors (Lipinski definition) is 3. The van der Waals surface area contributed by atoms with Crippen LogP contribution in [0.1, 0.15) is 27.9 Å². The Kier molecular flexibility index (Phi) is 4.72. The lowest BCUT2D eigenvalue weighted by atomic mass is 10.0. The van der Waals surface area contributed by atoms with Gasteiger partial charge in [-0.2, -0.15) is 26.3 Å². The van der Waals surface area contributed by atoms with E-state index in [0.29, 0.717) is 11.0 Å². The number of likely N-dealkylation sites (tertiary alicyclic amines) is 1. The van der Waals surface area contributed by atoms with E-state index in [2.05, 4.69) is 0 Å². The van der Waals surface area contributed by atoms with Crippen molar-refractivity contribution in [3.8, 4) is 0 Å². The largest absolute Gasteiger partial charge is 0.417 e. The molecule has 3 atom stereocenters. The van der Waals surface area contributed by atoms with Crippen LogP contribution in [0.2, 0.25) is 0 Å². The van der Waals surface area contributed by atoms with Gasteiger partial charge in [0.25, 0.3) is 11.8 Å². The van der Waals surface area contributed by atoms with Crippen LogP contribution in [0.5, 0.6) is 0 Å². The highest BCUT2D eigenvalue weighted by Crippen LogP contribution is 2.44. The first-order valence-corrected chi connectivity index (χ1v) is 10.2. The first-order chi connectivity index (χ1) is 15.9. The Balaban J connectivity index is 1.46. The predicted molar refractivity (Wildman–Crippen MR) is 105 cm³/mol. The molecule has 3 heterocycles. The molecule has 4 amide bonds. The maximum absolute atomic E-state index is 13.4. The Morgan fingerprint density at radius 1 is 0.912 bits per heavy atom. The van der Waals surface area contributed by atoms with Gasteiger partial charge in [-0.05, 0) is 36.8 Å². The third-order valence-electron chi connectivity index (χ3n) is 6.42. The average molecular weight is 483 g/mol. The van der Waals surface area contributed by atoms with Gasteiger partial charge in [-0.25, -0.2) is 9.69 Å². The van der Waals surface area contributed by atoms with Crippen molar-refractivity contribution in [2.75, 3.05) is 11.4 Å². The molecule has 3 fully saturated rings. The molecule has 0 radical (unpaired) electrons. The normalized spacial score (nSPS) is 24.3. The molecule has 3 saturated heterocycles. The van der Waals surface area contributed by atoms with Crippen molar-refractivity contribution in [1.82, 2.24) is 9.80 Å². The van der Waals surface area contributed by atoms with E-state index in [1.807, 2.05) is 0 Å². The molecule has 0 saturated carbocycles. The molecule has 6 nitrogen and oxygen atoms in total. The second kappa shape index (κ2) is 7.21. The zero-order valence-electron chi connectivity index (χ0n) is 17.1. The summed E-state index contributed by atoms with van der Waals surface area (Å²) in [6.45, 7) is -0.0817. The molecule has 3 aliphatic heterocycles. The molecule has 5 rings (SSSR count). The van der Waals surface area contributed by atoms with Crippen LogP contribution in [-0.2, 0) is 17.1 Å². The highest BCUT2D eigenvalue weighted by Gasteiger charge is 2.63. The molecule has 0 aromatic heterocycles. The van der Waals surface area contributed by atoms with Crippen LogP contribution in [-0.4, -0.2) is 52.3 Å². The van der Waals surface area contributed by atoms with Crippen molar-refractivity contribution in [3.63, 3.8) is 0 Å². The van der Waals surface area contributed by atoms with E-state index >= 15 is 0 Å². The highest BCUT2D eigenvalue weighted by molar-refractivity contribution is 6.22. The molecule has 2 bridgehead atoms. The summed E-state index contributed by atoms with van der Waals surface area (Å²) >= 11 is 0.